The third-order valence-corrected chi connectivity index (χ3v) is 3.91. The molecule has 1 amide bonds. The van der Waals surface area contributed by atoms with Crippen LogP contribution in [0.3, 0.4) is 0 Å². The van der Waals surface area contributed by atoms with E-state index in [0.29, 0.717) is 25.7 Å². The van der Waals surface area contributed by atoms with E-state index < -0.39 is 21.8 Å². The molecule has 0 atom stereocenters. The minimum atomic E-state index is -3.90. The summed E-state index contributed by atoms with van der Waals surface area (Å²) in [6.07, 6.45) is 2.34. The predicted molar refractivity (Wildman–Crippen MR) is 71.5 cm³/mol. The van der Waals surface area contributed by atoms with Crippen LogP contribution >= 0.6 is 0 Å². The average Bonchev–Trinajstić information content (AvgIpc) is 2.15. The molecule has 0 radical (unpaired) electrons. The highest BCUT2D eigenvalue weighted by atomic mass is 32.2. The molecule has 0 aliphatic heterocycles. The topological polar surface area (TPSA) is 92.7 Å². The molecule has 0 aromatic heterocycles. The molecule has 7 heteroatoms. The Hall–Kier alpha value is -0.820. The molecule has 0 saturated heterocycles. The van der Waals surface area contributed by atoms with Crippen molar-refractivity contribution >= 4 is 16.2 Å². The van der Waals surface area contributed by atoms with Gasteiger partial charge in [0.2, 0.25) is 0 Å². The van der Waals surface area contributed by atoms with E-state index in [9.17, 15) is 13.2 Å². The van der Waals surface area contributed by atoms with Gasteiger partial charge in [0.15, 0.2) is 0 Å². The summed E-state index contributed by atoms with van der Waals surface area (Å²) in [6.45, 7) is 5.40. The largest absolute Gasteiger partial charge is 0.444 e. The first kappa shape index (κ1) is 16.2. The Kier molecular flexibility index (Phi) is 5.20. The average molecular weight is 293 g/mol. The second kappa shape index (κ2) is 6.09. The molecule has 0 unspecified atom stereocenters. The van der Waals surface area contributed by atoms with Gasteiger partial charge in [-0.05, 0) is 52.4 Å². The van der Waals surface area contributed by atoms with Crippen molar-refractivity contribution in [1.29, 1.82) is 0 Å². The van der Waals surface area contributed by atoms with Gasteiger partial charge in [-0.15, -0.1) is 0 Å². The van der Waals surface area contributed by atoms with E-state index in [4.69, 9.17) is 9.29 Å². The number of carbonyl (C=O) groups is 1. The van der Waals surface area contributed by atoms with E-state index >= 15 is 0 Å². The fraction of sp³-hybridized carbons (Fsp3) is 0.917. The fourth-order valence-corrected chi connectivity index (χ4v) is 3.17. The van der Waals surface area contributed by atoms with E-state index in [2.05, 4.69) is 5.32 Å². The van der Waals surface area contributed by atoms with E-state index in [-0.39, 0.29) is 17.7 Å². The van der Waals surface area contributed by atoms with Gasteiger partial charge < -0.3 is 10.1 Å². The first-order valence-electron chi connectivity index (χ1n) is 6.50. The van der Waals surface area contributed by atoms with Crippen molar-refractivity contribution in [3.05, 3.63) is 0 Å². The van der Waals surface area contributed by atoms with Gasteiger partial charge in [0.05, 0.1) is 5.75 Å². The van der Waals surface area contributed by atoms with Gasteiger partial charge in [0.1, 0.15) is 5.60 Å². The zero-order valence-corrected chi connectivity index (χ0v) is 12.5. The molecule has 6 nitrogen and oxygen atoms in total. The molecule has 1 aliphatic rings. The van der Waals surface area contributed by atoms with Crippen LogP contribution in [-0.2, 0) is 14.9 Å². The van der Waals surface area contributed by atoms with Crippen LogP contribution in [0.15, 0.2) is 0 Å². The Labute approximate surface area is 114 Å². The third-order valence-electron chi connectivity index (χ3n) is 3.01. The SMILES string of the molecule is CC(C)(C)OC(=O)N[C@H]1CC[C@@H](CS(=O)(=O)O)CC1. The Morgan fingerprint density at radius 1 is 1.26 bits per heavy atom. The number of rotatable bonds is 3. The molecule has 19 heavy (non-hydrogen) atoms. The Balaban J connectivity index is 2.33. The van der Waals surface area contributed by atoms with Crippen LogP contribution in [0.4, 0.5) is 4.79 Å². The number of ether oxygens (including phenoxy) is 1. The van der Waals surface area contributed by atoms with Crippen molar-refractivity contribution in [1.82, 2.24) is 5.32 Å². The maximum atomic E-state index is 11.6. The lowest BCUT2D eigenvalue weighted by atomic mass is 9.87. The Bertz CT molecular complexity index is 404. The fourth-order valence-electron chi connectivity index (χ4n) is 2.25. The molecule has 1 fully saturated rings. The normalized spacial score (nSPS) is 24.8. The van der Waals surface area contributed by atoms with E-state index in [1.807, 2.05) is 0 Å². The molecule has 0 aromatic carbocycles. The van der Waals surface area contributed by atoms with Crippen molar-refractivity contribution in [2.45, 2.75) is 58.1 Å². The van der Waals surface area contributed by atoms with Gasteiger partial charge in [-0.3, -0.25) is 4.55 Å². The van der Waals surface area contributed by atoms with Crippen LogP contribution < -0.4 is 5.32 Å². The Morgan fingerprint density at radius 2 is 1.79 bits per heavy atom. The summed E-state index contributed by atoms with van der Waals surface area (Å²) < 4.78 is 35.5. The highest BCUT2D eigenvalue weighted by Gasteiger charge is 2.26. The van der Waals surface area contributed by atoms with Crippen LogP contribution in [0.25, 0.3) is 0 Å². The van der Waals surface area contributed by atoms with Gasteiger partial charge in [-0.1, -0.05) is 0 Å². The molecule has 2 N–H and O–H groups in total. The van der Waals surface area contributed by atoms with Crippen LogP contribution in [0.1, 0.15) is 46.5 Å². The minimum absolute atomic E-state index is 0.0208. The number of amides is 1. The standard InChI is InChI=1S/C12H23NO5S/c1-12(2,3)18-11(14)13-10-6-4-9(5-7-10)8-19(15,16)17/h9-10H,4-8H2,1-3H3,(H,13,14)(H,15,16,17)/t9-,10+. The monoisotopic (exact) mass is 293 g/mol. The minimum Gasteiger partial charge on any atom is -0.444 e. The number of nitrogens with one attached hydrogen (secondary N) is 1. The third kappa shape index (κ3) is 7.37. The Morgan fingerprint density at radius 3 is 2.21 bits per heavy atom. The molecule has 0 bridgehead atoms. The molecule has 1 rings (SSSR count). The molecule has 1 saturated carbocycles. The lowest BCUT2D eigenvalue weighted by Crippen LogP contribution is -2.41. The van der Waals surface area contributed by atoms with Gasteiger partial charge in [-0.25, -0.2) is 4.79 Å². The zero-order valence-electron chi connectivity index (χ0n) is 11.7. The van der Waals surface area contributed by atoms with Gasteiger partial charge in [-0.2, -0.15) is 8.42 Å². The van der Waals surface area contributed by atoms with Crippen molar-refractivity contribution in [2.24, 2.45) is 5.92 Å². The summed E-state index contributed by atoms with van der Waals surface area (Å²) in [5.74, 6) is -0.210. The van der Waals surface area contributed by atoms with E-state index in [0.717, 1.165) is 0 Å². The first-order chi connectivity index (χ1) is 8.55. The zero-order chi connectivity index (χ0) is 14.7. The van der Waals surface area contributed by atoms with Crippen LogP contribution in [-0.4, -0.2) is 36.5 Å². The quantitative estimate of drug-likeness (QED) is 0.776. The van der Waals surface area contributed by atoms with Gasteiger partial charge >= 0.3 is 6.09 Å². The maximum absolute atomic E-state index is 11.6. The number of alkyl carbamates (subject to hydrolysis) is 1. The number of hydrogen-bond donors (Lipinski definition) is 2. The number of carbonyl (C=O) groups excluding carboxylic acids is 1. The summed E-state index contributed by atoms with van der Waals surface area (Å²) in [5, 5.41) is 2.79. The smallest absolute Gasteiger partial charge is 0.407 e. The molecule has 0 heterocycles. The summed E-state index contributed by atoms with van der Waals surface area (Å²) >= 11 is 0. The lowest BCUT2D eigenvalue weighted by molar-refractivity contribution is 0.0488. The van der Waals surface area contributed by atoms with E-state index in [1.54, 1.807) is 20.8 Å². The van der Waals surface area contributed by atoms with Crippen LogP contribution in [0.2, 0.25) is 0 Å². The lowest BCUT2D eigenvalue weighted by Gasteiger charge is -2.29. The summed E-state index contributed by atoms with van der Waals surface area (Å²) in [7, 11) is -3.90. The first-order valence-corrected chi connectivity index (χ1v) is 8.11. The summed E-state index contributed by atoms with van der Waals surface area (Å²) in [4.78, 5) is 11.6. The van der Waals surface area contributed by atoms with Crippen molar-refractivity contribution < 1.29 is 22.5 Å². The van der Waals surface area contributed by atoms with Crippen molar-refractivity contribution in [3.63, 3.8) is 0 Å². The molecule has 1 aliphatic carbocycles. The van der Waals surface area contributed by atoms with E-state index in [1.165, 1.54) is 0 Å². The molecular formula is C12H23NO5S. The number of hydrogen-bond acceptors (Lipinski definition) is 4. The highest BCUT2D eigenvalue weighted by Crippen LogP contribution is 2.25. The maximum Gasteiger partial charge on any atom is 0.407 e. The van der Waals surface area contributed by atoms with Crippen molar-refractivity contribution in [2.75, 3.05) is 5.75 Å². The summed E-state index contributed by atoms with van der Waals surface area (Å²) in [5.41, 5.74) is -0.522. The molecule has 0 aromatic rings. The van der Waals surface area contributed by atoms with Crippen LogP contribution in [0.5, 0.6) is 0 Å². The second-order valence-electron chi connectivity index (χ2n) is 6.11. The molecular weight excluding hydrogens is 270 g/mol. The van der Waals surface area contributed by atoms with Gasteiger partial charge in [0, 0.05) is 6.04 Å². The van der Waals surface area contributed by atoms with Crippen molar-refractivity contribution in [3.8, 4) is 0 Å². The second-order valence-corrected chi connectivity index (χ2v) is 7.61. The predicted octanol–water partition coefficient (Wildman–Crippen LogP) is 1.96. The molecule has 112 valence electrons. The molecule has 0 spiro atoms. The summed E-state index contributed by atoms with van der Waals surface area (Å²) in [6, 6.07) is 0.0208. The highest BCUT2D eigenvalue weighted by molar-refractivity contribution is 7.85. The van der Waals surface area contributed by atoms with Crippen LogP contribution in [0, 0.1) is 5.92 Å². The van der Waals surface area contributed by atoms with Gasteiger partial charge in [0.25, 0.3) is 10.1 Å².